The third-order valence-electron chi connectivity index (χ3n) is 6.79. The smallest absolute Gasteiger partial charge is 0.263 e. The summed E-state index contributed by atoms with van der Waals surface area (Å²) in [7, 11) is 0. The zero-order valence-electron chi connectivity index (χ0n) is 18.3. The molecule has 1 atom stereocenters. The quantitative estimate of drug-likeness (QED) is 0.665. The number of amides is 2. The number of ether oxygens (including phenoxy) is 1. The highest BCUT2D eigenvalue weighted by Crippen LogP contribution is 2.26. The van der Waals surface area contributed by atoms with Crippen molar-refractivity contribution in [3.8, 4) is 5.75 Å². The molecule has 0 spiro atoms. The fraction of sp³-hybridized carbons (Fsp3) is 0.652. The van der Waals surface area contributed by atoms with Gasteiger partial charge in [-0.05, 0) is 31.9 Å². The Hall–Kier alpha value is -1.83. The Bertz CT molecular complexity index is 772. The highest BCUT2D eigenvalue weighted by molar-refractivity contribution is 6.32. The van der Waals surface area contributed by atoms with Crippen molar-refractivity contribution in [1.82, 2.24) is 19.6 Å². The fourth-order valence-electron chi connectivity index (χ4n) is 4.54. The van der Waals surface area contributed by atoms with E-state index in [1.54, 1.807) is 19.1 Å². The minimum atomic E-state index is -0.597. The molecule has 8 heteroatoms. The van der Waals surface area contributed by atoms with E-state index in [0.717, 1.165) is 32.2 Å². The third-order valence-corrected chi connectivity index (χ3v) is 7.10. The van der Waals surface area contributed by atoms with E-state index in [-0.39, 0.29) is 11.8 Å². The Morgan fingerprint density at radius 1 is 1.00 bits per heavy atom. The lowest BCUT2D eigenvalue weighted by Gasteiger charge is -2.43. The summed E-state index contributed by atoms with van der Waals surface area (Å²) in [5.74, 6) is 0.688. The SMILES string of the molecule is CC(Oc1ccccc1Cl)C(=O)N1CCN(CC(=O)N2CCN(C3CCC3)CC2)CC1. The van der Waals surface area contributed by atoms with E-state index >= 15 is 0 Å². The predicted molar refractivity (Wildman–Crippen MR) is 120 cm³/mol. The summed E-state index contributed by atoms with van der Waals surface area (Å²) in [6, 6.07) is 7.93. The second kappa shape index (κ2) is 10.2. The number of piperazine rings is 2. The Kier molecular flexibility index (Phi) is 7.35. The number of benzene rings is 1. The van der Waals surface area contributed by atoms with Crippen molar-refractivity contribution in [1.29, 1.82) is 0 Å². The van der Waals surface area contributed by atoms with Gasteiger partial charge in [0.1, 0.15) is 5.75 Å². The van der Waals surface area contributed by atoms with Crippen molar-refractivity contribution >= 4 is 23.4 Å². The molecular formula is C23H33ClN4O3. The van der Waals surface area contributed by atoms with Crippen LogP contribution in [0.2, 0.25) is 5.02 Å². The lowest BCUT2D eigenvalue weighted by Crippen LogP contribution is -2.57. The van der Waals surface area contributed by atoms with Gasteiger partial charge in [-0.3, -0.25) is 19.4 Å². The Labute approximate surface area is 189 Å². The number of nitrogens with zero attached hydrogens (tertiary/aromatic N) is 4. The lowest BCUT2D eigenvalue weighted by molar-refractivity contribution is -0.140. The van der Waals surface area contributed by atoms with Gasteiger partial charge in [0.2, 0.25) is 5.91 Å². The molecule has 1 aliphatic carbocycles. The molecule has 1 aromatic rings. The minimum Gasteiger partial charge on any atom is -0.479 e. The summed E-state index contributed by atoms with van der Waals surface area (Å²) in [4.78, 5) is 34.0. The van der Waals surface area contributed by atoms with Crippen molar-refractivity contribution in [2.75, 3.05) is 58.9 Å². The van der Waals surface area contributed by atoms with Crippen molar-refractivity contribution in [3.63, 3.8) is 0 Å². The summed E-state index contributed by atoms with van der Waals surface area (Å²) < 4.78 is 5.77. The third kappa shape index (κ3) is 5.51. The molecule has 0 N–H and O–H groups in total. The van der Waals surface area contributed by atoms with Crippen molar-refractivity contribution in [2.45, 2.75) is 38.3 Å². The maximum Gasteiger partial charge on any atom is 0.263 e. The number of hydrogen-bond donors (Lipinski definition) is 0. The molecule has 2 amide bonds. The van der Waals surface area contributed by atoms with Crippen LogP contribution in [-0.2, 0) is 9.59 Å². The van der Waals surface area contributed by atoms with Crippen LogP contribution in [0.1, 0.15) is 26.2 Å². The van der Waals surface area contributed by atoms with E-state index < -0.39 is 6.10 Å². The molecule has 31 heavy (non-hydrogen) atoms. The van der Waals surface area contributed by atoms with Crippen LogP contribution in [0, 0.1) is 0 Å². The first-order valence-corrected chi connectivity index (χ1v) is 11.8. The summed E-state index contributed by atoms with van der Waals surface area (Å²) >= 11 is 6.13. The number of halogens is 1. The molecule has 3 aliphatic rings. The monoisotopic (exact) mass is 448 g/mol. The average molecular weight is 449 g/mol. The first-order chi connectivity index (χ1) is 15.0. The summed E-state index contributed by atoms with van der Waals surface area (Å²) in [5, 5.41) is 0.499. The van der Waals surface area contributed by atoms with Crippen LogP contribution in [0.4, 0.5) is 0 Å². The van der Waals surface area contributed by atoms with E-state index in [4.69, 9.17) is 16.3 Å². The number of carbonyl (C=O) groups excluding carboxylic acids is 2. The summed E-state index contributed by atoms with van der Waals surface area (Å²) in [6.45, 7) is 8.51. The van der Waals surface area contributed by atoms with Gasteiger partial charge in [-0.2, -0.15) is 0 Å². The van der Waals surface area contributed by atoms with Crippen LogP contribution in [0.25, 0.3) is 0 Å². The molecule has 0 aromatic heterocycles. The van der Waals surface area contributed by atoms with Crippen molar-refractivity contribution in [2.24, 2.45) is 0 Å². The minimum absolute atomic E-state index is 0.0435. The summed E-state index contributed by atoms with van der Waals surface area (Å²) in [5.41, 5.74) is 0. The van der Waals surface area contributed by atoms with Crippen molar-refractivity contribution < 1.29 is 14.3 Å². The first-order valence-electron chi connectivity index (χ1n) is 11.5. The fourth-order valence-corrected chi connectivity index (χ4v) is 4.72. The van der Waals surface area contributed by atoms with Crippen LogP contribution in [-0.4, -0.2) is 102 Å². The molecule has 1 unspecified atom stereocenters. The van der Waals surface area contributed by atoms with E-state index in [9.17, 15) is 9.59 Å². The molecule has 2 heterocycles. The van der Waals surface area contributed by atoms with Crippen LogP contribution in [0.5, 0.6) is 5.75 Å². The maximum absolute atomic E-state index is 12.8. The van der Waals surface area contributed by atoms with Gasteiger partial charge < -0.3 is 14.5 Å². The predicted octanol–water partition coefficient (Wildman–Crippen LogP) is 1.95. The second-order valence-electron chi connectivity index (χ2n) is 8.79. The molecule has 1 saturated carbocycles. The average Bonchev–Trinajstić information content (AvgIpc) is 2.74. The number of hydrogen-bond acceptors (Lipinski definition) is 5. The van der Waals surface area contributed by atoms with Gasteiger partial charge in [-0.1, -0.05) is 30.2 Å². The van der Waals surface area contributed by atoms with E-state index in [0.29, 0.717) is 43.5 Å². The molecule has 3 fully saturated rings. The van der Waals surface area contributed by atoms with Crippen LogP contribution in [0.15, 0.2) is 24.3 Å². The largest absolute Gasteiger partial charge is 0.479 e. The molecular weight excluding hydrogens is 416 g/mol. The van der Waals surface area contributed by atoms with Gasteiger partial charge in [0.05, 0.1) is 11.6 Å². The summed E-state index contributed by atoms with van der Waals surface area (Å²) in [6.07, 6.45) is 3.39. The zero-order valence-corrected chi connectivity index (χ0v) is 19.1. The van der Waals surface area contributed by atoms with Crippen molar-refractivity contribution in [3.05, 3.63) is 29.3 Å². The molecule has 0 bridgehead atoms. The number of rotatable bonds is 6. The number of para-hydroxylation sites is 1. The highest BCUT2D eigenvalue weighted by atomic mass is 35.5. The van der Waals surface area contributed by atoms with Crippen LogP contribution < -0.4 is 4.74 Å². The second-order valence-corrected chi connectivity index (χ2v) is 9.20. The normalized spacial score (nSPS) is 22.1. The van der Waals surface area contributed by atoms with E-state index in [2.05, 4.69) is 9.80 Å². The molecule has 7 nitrogen and oxygen atoms in total. The topological polar surface area (TPSA) is 56.3 Å². The Morgan fingerprint density at radius 3 is 2.26 bits per heavy atom. The van der Waals surface area contributed by atoms with Gasteiger partial charge in [-0.15, -0.1) is 0 Å². The van der Waals surface area contributed by atoms with E-state index in [1.807, 2.05) is 21.9 Å². The molecule has 2 saturated heterocycles. The molecule has 4 rings (SSSR count). The molecule has 0 radical (unpaired) electrons. The Balaban J connectivity index is 1.18. The van der Waals surface area contributed by atoms with Gasteiger partial charge >= 0.3 is 0 Å². The van der Waals surface area contributed by atoms with Gasteiger partial charge in [0, 0.05) is 58.4 Å². The zero-order chi connectivity index (χ0) is 21.8. The van der Waals surface area contributed by atoms with Gasteiger partial charge in [0.25, 0.3) is 5.91 Å². The van der Waals surface area contributed by atoms with Gasteiger partial charge in [-0.25, -0.2) is 0 Å². The van der Waals surface area contributed by atoms with Crippen LogP contribution in [0.3, 0.4) is 0 Å². The highest BCUT2D eigenvalue weighted by Gasteiger charge is 2.31. The van der Waals surface area contributed by atoms with Gasteiger partial charge in [0.15, 0.2) is 6.10 Å². The lowest BCUT2D eigenvalue weighted by atomic mass is 9.91. The molecule has 1 aromatic carbocycles. The van der Waals surface area contributed by atoms with E-state index in [1.165, 1.54) is 19.3 Å². The van der Waals surface area contributed by atoms with Crippen LogP contribution >= 0.6 is 11.6 Å². The number of carbonyl (C=O) groups is 2. The Morgan fingerprint density at radius 2 is 1.65 bits per heavy atom. The maximum atomic E-state index is 12.8. The molecule has 170 valence electrons. The standard InChI is InChI=1S/C23H33ClN4O3/c1-18(31-21-8-3-2-7-20(21)24)23(30)28-11-9-25(10-12-28)17-22(29)27-15-13-26(14-16-27)19-5-4-6-19/h2-3,7-8,18-19H,4-6,9-17H2,1H3. The first kappa shape index (κ1) is 22.4. The molecule has 2 aliphatic heterocycles.